The first-order chi connectivity index (χ1) is 10.6. The molecule has 0 spiro atoms. The Bertz CT molecular complexity index is 507. The standard InChI is InChI=1S/C16H24N2O4/c1-3-22-11-13-8-12(4-5-15(13)21-2)9-18-7-6-17-14(10-18)16(19)20/h4-5,8,14,17H,3,6-7,9-11H2,1-2H3,(H,19,20)/t14-/m0/s1. The van der Waals surface area contributed by atoms with Crippen LogP contribution in [-0.4, -0.2) is 55.4 Å². The van der Waals surface area contributed by atoms with Crippen molar-refractivity contribution in [2.75, 3.05) is 33.4 Å². The van der Waals surface area contributed by atoms with Gasteiger partial charge in [0.25, 0.3) is 0 Å². The fourth-order valence-corrected chi connectivity index (χ4v) is 2.63. The number of aliphatic carboxylic acids is 1. The Morgan fingerprint density at radius 1 is 1.50 bits per heavy atom. The summed E-state index contributed by atoms with van der Waals surface area (Å²) in [4.78, 5) is 13.2. The van der Waals surface area contributed by atoms with Crippen molar-refractivity contribution in [1.82, 2.24) is 10.2 Å². The number of hydrogen-bond donors (Lipinski definition) is 2. The summed E-state index contributed by atoms with van der Waals surface area (Å²) in [6.07, 6.45) is 0. The quantitative estimate of drug-likeness (QED) is 0.786. The Balaban J connectivity index is 2.04. The number of methoxy groups -OCH3 is 1. The molecule has 1 atom stereocenters. The summed E-state index contributed by atoms with van der Waals surface area (Å²) in [5.41, 5.74) is 2.16. The molecule has 0 radical (unpaired) electrons. The maximum atomic E-state index is 11.1. The Labute approximate surface area is 131 Å². The molecule has 122 valence electrons. The molecule has 2 N–H and O–H groups in total. The number of nitrogens with one attached hydrogen (secondary N) is 1. The molecule has 1 aliphatic rings. The zero-order valence-corrected chi connectivity index (χ0v) is 13.2. The van der Waals surface area contributed by atoms with Crippen LogP contribution >= 0.6 is 0 Å². The fourth-order valence-electron chi connectivity index (χ4n) is 2.63. The van der Waals surface area contributed by atoms with Crippen molar-refractivity contribution in [2.45, 2.75) is 26.1 Å². The van der Waals surface area contributed by atoms with Crippen molar-refractivity contribution in [2.24, 2.45) is 0 Å². The molecule has 0 aromatic heterocycles. The third-order valence-electron chi connectivity index (χ3n) is 3.77. The number of nitrogens with zero attached hydrogens (tertiary/aromatic N) is 1. The van der Waals surface area contributed by atoms with Crippen molar-refractivity contribution >= 4 is 5.97 Å². The second-order valence-electron chi connectivity index (χ2n) is 5.36. The van der Waals surface area contributed by atoms with Gasteiger partial charge in [-0.3, -0.25) is 9.69 Å². The number of ether oxygens (including phenoxy) is 2. The van der Waals surface area contributed by atoms with E-state index in [1.54, 1.807) is 7.11 Å². The van der Waals surface area contributed by atoms with Crippen LogP contribution in [0.25, 0.3) is 0 Å². The van der Waals surface area contributed by atoms with E-state index in [2.05, 4.69) is 16.3 Å². The summed E-state index contributed by atoms with van der Waals surface area (Å²) in [5, 5.41) is 12.1. The maximum absolute atomic E-state index is 11.1. The molecular weight excluding hydrogens is 284 g/mol. The SMILES string of the molecule is CCOCc1cc(CN2CCN[C@H](C(=O)O)C2)ccc1OC. The number of benzene rings is 1. The highest BCUT2D eigenvalue weighted by Gasteiger charge is 2.24. The zero-order valence-electron chi connectivity index (χ0n) is 13.2. The van der Waals surface area contributed by atoms with Gasteiger partial charge < -0.3 is 19.9 Å². The minimum atomic E-state index is -0.795. The molecule has 1 saturated heterocycles. The second-order valence-corrected chi connectivity index (χ2v) is 5.36. The van der Waals surface area contributed by atoms with E-state index < -0.39 is 12.0 Å². The van der Waals surface area contributed by atoms with Crippen LogP contribution in [0, 0.1) is 0 Å². The van der Waals surface area contributed by atoms with E-state index in [4.69, 9.17) is 14.6 Å². The summed E-state index contributed by atoms with van der Waals surface area (Å²) in [7, 11) is 1.65. The second kappa shape index (κ2) is 8.12. The molecule has 2 rings (SSSR count). The topological polar surface area (TPSA) is 71.0 Å². The first-order valence-corrected chi connectivity index (χ1v) is 7.56. The summed E-state index contributed by atoms with van der Waals surface area (Å²) in [6, 6.07) is 5.55. The van der Waals surface area contributed by atoms with E-state index in [9.17, 15) is 4.79 Å². The van der Waals surface area contributed by atoms with Gasteiger partial charge in [-0.15, -0.1) is 0 Å². The van der Waals surface area contributed by atoms with Gasteiger partial charge in [-0.1, -0.05) is 6.07 Å². The van der Waals surface area contributed by atoms with E-state index >= 15 is 0 Å². The lowest BCUT2D eigenvalue weighted by atomic mass is 10.1. The summed E-state index contributed by atoms with van der Waals surface area (Å²) in [6.45, 7) is 5.92. The van der Waals surface area contributed by atoms with Crippen LogP contribution < -0.4 is 10.1 Å². The minimum absolute atomic E-state index is 0.491. The molecule has 1 aliphatic heterocycles. The zero-order chi connectivity index (χ0) is 15.9. The summed E-state index contributed by atoms with van der Waals surface area (Å²) in [5.74, 6) is 0.0254. The van der Waals surface area contributed by atoms with Gasteiger partial charge in [-0.05, 0) is 24.6 Å². The van der Waals surface area contributed by atoms with Crippen LogP contribution in [0.1, 0.15) is 18.1 Å². The van der Waals surface area contributed by atoms with E-state index in [-0.39, 0.29) is 0 Å². The predicted molar refractivity (Wildman–Crippen MR) is 83.0 cm³/mol. The van der Waals surface area contributed by atoms with E-state index in [0.29, 0.717) is 26.3 Å². The first kappa shape index (κ1) is 16.7. The molecule has 0 saturated carbocycles. The number of rotatable bonds is 7. The number of carbonyl (C=O) groups is 1. The number of piperazine rings is 1. The average molecular weight is 308 g/mol. The Morgan fingerprint density at radius 2 is 2.32 bits per heavy atom. The van der Waals surface area contributed by atoms with Gasteiger partial charge in [0.2, 0.25) is 0 Å². The Morgan fingerprint density at radius 3 is 3.00 bits per heavy atom. The highest BCUT2D eigenvalue weighted by molar-refractivity contribution is 5.73. The molecule has 0 unspecified atom stereocenters. The lowest BCUT2D eigenvalue weighted by Gasteiger charge is -2.31. The van der Waals surface area contributed by atoms with Gasteiger partial charge in [0, 0.05) is 38.3 Å². The molecule has 1 heterocycles. The molecule has 0 bridgehead atoms. The number of hydrogen-bond acceptors (Lipinski definition) is 5. The van der Waals surface area contributed by atoms with Gasteiger partial charge >= 0.3 is 5.97 Å². The van der Waals surface area contributed by atoms with Crippen molar-refractivity contribution in [3.63, 3.8) is 0 Å². The van der Waals surface area contributed by atoms with Gasteiger partial charge in [0.1, 0.15) is 11.8 Å². The van der Waals surface area contributed by atoms with Gasteiger partial charge in [0.05, 0.1) is 13.7 Å². The number of carboxylic acid groups (broad SMARTS) is 1. The average Bonchev–Trinajstić information content (AvgIpc) is 2.53. The Kier molecular flexibility index (Phi) is 6.18. The third kappa shape index (κ3) is 4.43. The van der Waals surface area contributed by atoms with Crippen LogP contribution in [0.5, 0.6) is 5.75 Å². The molecule has 1 aromatic rings. The smallest absolute Gasteiger partial charge is 0.322 e. The monoisotopic (exact) mass is 308 g/mol. The number of carboxylic acids is 1. The van der Waals surface area contributed by atoms with Crippen LogP contribution in [-0.2, 0) is 22.7 Å². The summed E-state index contributed by atoms with van der Waals surface area (Å²) >= 11 is 0. The molecule has 22 heavy (non-hydrogen) atoms. The largest absolute Gasteiger partial charge is 0.496 e. The van der Waals surface area contributed by atoms with Crippen molar-refractivity contribution in [1.29, 1.82) is 0 Å². The van der Waals surface area contributed by atoms with E-state index in [1.807, 2.05) is 19.1 Å². The first-order valence-electron chi connectivity index (χ1n) is 7.56. The van der Waals surface area contributed by atoms with E-state index in [0.717, 1.165) is 30.0 Å². The van der Waals surface area contributed by atoms with Crippen molar-refractivity contribution in [3.8, 4) is 5.75 Å². The fraction of sp³-hybridized carbons (Fsp3) is 0.562. The highest BCUT2D eigenvalue weighted by atomic mass is 16.5. The van der Waals surface area contributed by atoms with Crippen LogP contribution in [0.2, 0.25) is 0 Å². The van der Waals surface area contributed by atoms with Gasteiger partial charge in [-0.25, -0.2) is 0 Å². The van der Waals surface area contributed by atoms with Crippen LogP contribution in [0.15, 0.2) is 18.2 Å². The molecule has 6 heteroatoms. The molecule has 1 aromatic carbocycles. The lowest BCUT2D eigenvalue weighted by Crippen LogP contribution is -2.53. The summed E-state index contributed by atoms with van der Waals surface area (Å²) < 4.78 is 10.8. The predicted octanol–water partition coefficient (Wildman–Crippen LogP) is 1.09. The van der Waals surface area contributed by atoms with Gasteiger partial charge in [0.15, 0.2) is 0 Å². The van der Waals surface area contributed by atoms with E-state index in [1.165, 1.54) is 0 Å². The third-order valence-corrected chi connectivity index (χ3v) is 3.77. The van der Waals surface area contributed by atoms with Gasteiger partial charge in [-0.2, -0.15) is 0 Å². The normalized spacial score (nSPS) is 19.1. The van der Waals surface area contributed by atoms with Crippen molar-refractivity contribution < 1.29 is 19.4 Å². The van der Waals surface area contributed by atoms with Crippen LogP contribution in [0.3, 0.4) is 0 Å². The molecular formula is C16H24N2O4. The molecule has 0 aliphatic carbocycles. The minimum Gasteiger partial charge on any atom is -0.496 e. The molecule has 6 nitrogen and oxygen atoms in total. The Hall–Kier alpha value is -1.63. The van der Waals surface area contributed by atoms with Crippen molar-refractivity contribution in [3.05, 3.63) is 29.3 Å². The van der Waals surface area contributed by atoms with Crippen LogP contribution in [0.4, 0.5) is 0 Å². The maximum Gasteiger partial charge on any atom is 0.322 e. The highest BCUT2D eigenvalue weighted by Crippen LogP contribution is 2.22. The lowest BCUT2D eigenvalue weighted by molar-refractivity contribution is -0.140. The molecule has 1 fully saturated rings. The molecule has 0 amide bonds.